The molecule has 0 saturated carbocycles. The molecule has 1 aliphatic heterocycles. The Balaban J connectivity index is 1.44. The van der Waals surface area contributed by atoms with E-state index < -0.39 is 0 Å². The van der Waals surface area contributed by atoms with Crippen LogP contribution >= 0.6 is 0 Å². The van der Waals surface area contributed by atoms with E-state index in [-0.39, 0.29) is 11.9 Å². The van der Waals surface area contributed by atoms with Crippen molar-refractivity contribution in [2.45, 2.75) is 26.3 Å². The molecule has 7 nitrogen and oxygen atoms in total. The van der Waals surface area contributed by atoms with E-state index in [4.69, 9.17) is 4.74 Å². The quantitative estimate of drug-likeness (QED) is 0.449. The van der Waals surface area contributed by atoms with Gasteiger partial charge in [0, 0.05) is 28.7 Å². The minimum absolute atomic E-state index is 0.240. The molecule has 5 rings (SSSR count). The van der Waals surface area contributed by atoms with Gasteiger partial charge in [0.1, 0.15) is 0 Å². The summed E-state index contributed by atoms with van der Waals surface area (Å²) in [4.78, 5) is 25.4. The predicted octanol–water partition coefficient (Wildman–Crippen LogP) is 4.46. The number of ether oxygens (including phenoxy) is 1. The first-order chi connectivity index (χ1) is 15.2. The summed E-state index contributed by atoms with van der Waals surface area (Å²) in [7, 11) is 0. The van der Waals surface area contributed by atoms with Crippen LogP contribution in [0.4, 0.5) is 11.8 Å². The third-order valence-electron chi connectivity index (χ3n) is 5.31. The normalized spacial score (nSPS) is 12.8. The Labute approximate surface area is 179 Å². The van der Waals surface area contributed by atoms with Crippen molar-refractivity contribution in [2.24, 2.45) is 0 Å². The van der Waals surface area contributed by atoms with Crippen LogP contribution < -0.4 is 15.4 Å². The number of hydrogen-bond donors (Lipinski definition) is 3. The number of carbonyl (C=O) groups is 1. The highest BCUT2D eigenvalue weighted by atomic mass is 16.5. The van der Waals surface area contributed by atoms with E-state index in [1.807, 2.05) is 55.5 Å². The van der Waals surface area contributed by atoms with Gasteiger partial charge in [-0.15, -0.1) is 0 Å². The van der Waals surface area contributed by atoms with Crippen molar-refractivity contribution in [1.82, 2.24) is 15.0 Å². The lowest BCUT2D eigenvalue weighted by Crippen LogP contribution is -2.19. The lowest BCUT2D eigenvalue weighted by Gasteiger charge is -2.20. The van der Waals surface area contributed by atoms with Crippen molar-refractivity contribution in [3.05, 3.63) is 77.1 Å². The highest BCUT2D eigenvalue weighted by Crippen LogP contribution is 2.32. The minimum Gasteiger partial charge on any atom is -0.488 e. The largest absolute Gasteiger partial charge is 0.488 e. The molecule has 0 radical (unpaired) electrons. The number of nitrogens with zero attached hydrogens (tertiary/aromatic N) is 2. The summed E-state index contributed by atoms with van der Waals surface area (Å²) < 4.78 is 5.84. The van der Waals surface area contributed by atoms with Gasteiger partial charge in [-0.2, -0.15) is 4.98 Å². The molecule has 2 aromatic heterocycles. The van der Waals surface area contributed by atoms with Crippen LogP contribution in [0.3, 0.4) is 0 Å². The van der Waals surface area contributed by atoms with E-state index in [1.165, 1.54) is 0 Å². The van der Waals surface area contributed by atoms with Crippen molar-refractivity contribution in [2.75, 3.05) is 17.2 Å². The van der Waals surface area contributed by atoms with Crippen molar-refractivity contribution < 1.29 is 9.53 Å². The zero-order valence-corrected chi connectivity index (χ0v) is 17.2. The standard InChI is InChI=1S/C24H23N5O2/c1-15-13-18-17(9-5-10-19(18)26-15)23(30)29-24-27-20-11-6-12-31-21(20)22(28-24)25-14-16-7-3-2-4-8-16/h2-5,7-10,13,26H,6,11-12,14H2,1H3,(H2,25,27,28,29,30). The molecule has 156 valence electrons. The monoisotopic (exact) mass is 413 g/mol. The molecule has 0 saturated heterocycles. The molecule has 0 bridgehead atoms. The number of fused-ring (bicyclic) bond motifs is 2. The van der Waals surface area contributed by atoms with Gasteiger partial charge in [-0.25, -0.2) is 4.98 Å². The summed E-state index contributed by atoms with van der Waals surface area (Å²) in [6, 6.07) is 17.7. The van der Waals surface area contributed by atoms with Gasteiger partial charge in [0.2, 0.25) is 5.95 Å². The van der Waals surface area contributed by atoms with Gasteiger partial charge in [-0.3, -0.25) is 10.1 Å². The van der Waals surface area contributed by atoms with Gasteiger partial charge in [-0.05, 0) is 43.5 Å². The van der Waals surface area contributed by atoms with Crippen molar-refractivity contribution >= 4 is 28.6 Å². The van der Waals surface area contributed by atoms with E-state index in [1.54, 1.807) is 6.07 Å². The summed E-state index contributed by atoms with van der Waals surface area (Å²) in [5, 5.41) is 7.10. The van der Waals surface area contributed by atoms with Crippen LogP contribution in [0.5, 0.6) is 5.75 Å². The summed E-state index contributed by atoms with van der Waals surface area (Å²) in [5.74, 6) is 1.30. The Hall–Kier alpha value is -3.87. The van der Waals surface area contributed by atoms with Crippen molar-refractivity contribution in [3.8, 4) is 5.75 Å². The van der Waals surface area contributed by atoms with Crippen LogP contribution in [-0.4, -0.2) is 27.5 Å². The maximum absolute atomic E-state index is 13.0. The first kappa shape index (κ1) is 19.1. The highest BCUT2D eigenvalue weighted by molar-refractivity contribution is 6.12. The Morgan fingerprint density at radius 1 is 1.13 bits per heavy atom. The van der Waals surface area contributed by atoms with Crippen LogP contribution in [0.25, 0.3) is 10.9 Å². The summed E-state index contributed by atoms with van der Waals surface area (Å²) >= 11 is 0. The molecular weight excluding hydrogens is 390 g/mol. The average molecular weight is 413 g/mol. The van der Waals surface area contributed by atoms with Gasteiger partial charge in [-0.1, -0.05) is 36.4 Å². The minimum atomic E-state index is -0.240. The van der Waals surface area contributed by atoms with Gasteiger partial charge >= 0.3 is 0 Å². The number of aryl methyl sites for hydroxylation is 2. The number of benzene rings is 2. The average Bonchev–Trinajstić information content (AvgIpc) is 3.18. The fourth-order valence-electron chi connectivity index (χ4n) is 3.85. The van der Waals surface area contributed by atoms with Crippen molar-refractivity contribution in [1.29, 1.82) is 0 Å². The number of amides is 1. The molecule has 1 amide bonds. The Morgan fingerprint density at radius 3 is 2.87 bits per heavy atom. The first-order valence-electron chi connectivity index (χ1n) is 10.4. The van der Waals surface area contributed by atoms with Crippen LogP contribution in [0.1, 0.15) is 33.7 Å². The molecule has 3 N–H and O–H groups in total. The van der Waals surface area contributed by atoms with E-state index >= 15 is 0 Å². The van der Waals surface area contributed by atoms with Crippen LogP contribution in [0.15, 0.2) is 54.6 Å². The zero-order chi connectivity index (χ0) is 21.2. The molecule has 3 heterocycles. The second kappa shape index (κ2) is 8.10. The fraction of sp³-hybridized carbons (Fsp3) is 0.208. The maximum atomic E-state index is 13.0. The molecule has 1 aliphatic rings. The molecule has 0 unspecified atom stereocenters. The maximum Gasteiger partial charge on any atom is 0.258 e. The number of rotatable bonds is 5. The summed E-state index contributed by atoms with van der Waals surface area (Å²) in [6.07, 6.45) is 1.67. The molecule has 0 fully saturated rings. The number of anilines is 2. The van der Waals surface area contributed by atoms with Crippen LogP contribution in [0, 0.1) is 6.92 Å². The first-order valence-corrected chi connectivity index (χ1v) is 10.4. The molecule has 0 spiro atoms. The van der Waals surface area contributed by atoms with Gasteiger partial charge < -0.3 is 15.0 Å². The molecule has 7 heteroatoms. The Morgan fingerprint density at radius 2 is 2.00 bits per heavy atom. The molecule has 4 aromatic rings. The van der Waals surface area contributed by atoms with Crippen molar-refractivity contribution in [3.63, 3.8) is 0 Å². The van der Waals surface area contributed by atoms with Gasteiger partial charge in [0.25, 0.3) is 5.91 Å². The fourth-order valence-corrected chi connectivity index (χ4v) is 3.85. The molecular formula is C24H23N5O2. The number of nitrogens with one attached hydrogen (secondary N) is 3. The van der Waals surface area contributed by atoms with Crippen LogP contribution in [-0.2, 0) is 13.0 Å². The van der Waals surface area contributed by atoms with E-state index in [2.05, 4.69) is 25.6 Å². The topological polar surface area (TPSA) is 91.9 Å². The lowest BCUT2D eigenvalue weighted by atomic mass is 10.1. The summed E-state index contributed by atoms with van der Waals surface area (Å²) in [5.41, 5.74) is 4.45. The number of aromatic nitrogens is 3. The smallest absolute Gasteiger partial charge is 0.258 e. The van der Waals surface area contributed by atoms with Gasteiger partial charge in [0.05, 0.1) is 12.3 Å². The number of aromatic amines is 1. The third-order valence-corrected chi connectivity index (χ3v) is 5.31. The number of hydrogen-bond acceptors (Lipinski definition) is 5. The van der Waals surface area contributed by atoms with E-state index in [0.717, 1.165) is 40.7 Å². The molecule has 2 aromatic carbocycles. The second-order valence-corrected chi connectivity index (χ2v) is 7.64. The molecule has 31 heavy (non-hydrogen) atoms. The van der Waals surface area contributed by atoms with Crippen LogP contribution in [0.2, 0.25) is 0 Å². The Bertz CT molecular complexity index is 1250. The van der Waals surface area contributed by atoms with E-state index in [9.17, 15) is 4.79 Å². The SMILES string of the molecule is Cc1cc2c(C(=O)Nc3nc4c(c(NCc5ccccc5)n3)OCCC4)cccc2[nH]1. The molecule has 0 aliphatic carbocycles. The summed E-state index contributed by atoms with van der Waals surface area (Å²) in [6.45, 7) is 3.21. The third kappa shape index (κ3) is 3.94. The lowest BCUT2D eigenvalue weighted by molar-refractivity contribution is 0.102. The highest BCUT2D eigenvalue weighted by Gasteiger charge is 2.21. The van der Waals surface area contributed by atoms with E-state index in [0.29, 0.717) is 30.3 Å². The number of carbonyl (C=O) groups excluding carboxylic acids is 1. The zero-order valence-electron chi connectivity index (χ0n) is 17.2. The number of H-pyrrole nitrogens is 1. The van der Waals surface area contributed by atoms with Gasteiger partial charge in [0.15, 0.2) is 11.6 Å². The predicted molar refractivity (Wildman–Crippen MR) is 121 cm³/mol. The second-order valence-electron chi connectivity index (χ2n) is 7.64. The Kier molecular flexibility index (Phi) is 5.00. The molecule has 0 atom stereocenters.